The molecule has 2 N–H and O–H groups in total. The van der Waals surface area contributed by atoms with Crippen molar-refractivity contribution in [3.8, 4) is 5.75 Å². The predicted molar refractivity (Wildman–Crippen MR) is 77.2 cm³/mol. The van der Waals surface area contributed by atoms with Gasteiger partial charge in [-0.1, -0.05) is 6.07 Å². The second kappa shape index (κ2) is 6.13. The molecule has 21 heavy (non-hydrogen) atoms. The van der Waals surface area contributed by atoms with Crippen LogP contribution in [0.4, 0.5) is 0 Å². The van der Waals surface area contributed by atoms with Gasteiger partial charge >= 0.3 is 0 Å². The SMILES string of the molecule is COc1cc(C(=O)N2C[C@@H](OC)C[C@H]2C(N)=O)ccc1C. The van der Waals surface area contributed by atoms with Gasteiger partial charge in [-0.25, -0.2) is 0 Å². The van der Waals surface area contributed by atoms with Crippen molar-refractivity contribution >= 4 is 11.8 Å². The summed E-state index contributed by atoms with van der Waals surface area (Å²) in [6.45, 7) is 2.26. The van der Waals surface area contributed by atoms with Crippen LogP contribution in [0.15, 0.2) is 18.2 Å². The molecule has 2 rings (SSSR count). The predicted octanol–water partition coefficient (Wildman–Crippen LogP) is 0.718. The molecule has 0 spiro atoms. The number of rotatable bonds is 4. The van der Waals surface area contributed by atoms with Gasteiger partial charge in [0, 0.05) is 25.6 Å². The molecule has 0 bridgehead atoms. The average molecular weight is 292 g/mol. The first-order valence-corrected chi connectivity index (χ1v) is 6.75. The number of aryl methyl sites for hydroxylation is 1. The third kappa shape index (κ3) is 3.00. The minimum absolute atomic E-state index is 0.168. The summed E-state index contributed by atoms with van der Waals surface area (Å²) < 4.78 is 10.5. The van der Waals surface area contributed by atoms with Gasteiger partial charge in [0.2, 0.25) is 5.91 Å². The van der Waals surface area contributed by atoms with E-state index in [9.17, 15) is 9.59 Å². The number of likely N-dealkylation sites (tertiary alicyclic amines) is 1. The first-order valence-electron chi connectivity index (χ1n) is 6.75. The molecule has 1 aliphatic heterocycles. The van der Waals surface area contributed by atoms with Crippen LogP contribution in [-0.2, 0) is 9.53 Å². The maximum atomic E-state index is 12.6. The Bertz CT molecular complexity index is 559. The quantitative estimate of drug-likeness (QED) is 0.886. The van der Waals surface area contributed by atoms with Crippen molar-refractivity contribution in [2.24, 2.45) is 5.73 Å². The number of methoxy groups -OCH3 is 2. The number of primary amides is 1. The molecular formula is C15H20N2O4. The highest BCUT2D eigenvalue weighted by atomic mass is 16.5. The molecule has 0 unspecified atom stereocenters. The van der Waals surface area contributed by atoms with Gasteiger partial charge in [0.15, 0.2) is 0 Å². The maximum Gasteiger partial charge on any atom is 0.254 e. The molecule has 1 aromatic rings. The van der Waals surface area contributed by atoms with E-state index in [-0.39, 0.29) is 12.0 Å². The van der Waals surface area contributed by atoms with E-state index in [1.165, 1.54) is 4.90 Å². The Kier molecular flexibility index (Phi) is 4.47. The Labute approximate surface area is 123 Å². The number of carbonyl (C=O) groups excluding carboxylic acids is 2. The van der Waals surface area contributed by atoms with E-state index in [4.69, 9.17) is 15.2 Å². The largest absolute Gasteiger partial charge is 0.496 e. The molecule has 6 nitrogen and oxygen atoms in total. The molecule has 1 heterocycles. The third-order valence-corrected chi connectivity index (χ3v) is 3.84. The zero-order valence-corrected chi connectivity index (χ0v) is 12.5. The number of benzene rings is 1. The molecule has 0 saturated carbocycles. The van der Waals surface area contributed by atoms with E-state index < -0.39 is 11.9 Å². The summed E-state index contributed by atoms with van der Waals surface area (Å²) in [4.78, 5) is 25.6. The van der Waals surface area contributed by atoms with Gasteiger partial charge in [-0.05, 0) is 24.6 Å². The van der Waals surface area contributed by atoms with Crippen LogP contribution in [0.1, 0.15) is 22.3 Å². The van der Waals surface area contributed by atoms with Crippen LogP contribution < -0.4 is 10.5 Å². The zero-order chi connectivity index (χ0) is 15.6. The number of nitrogens with two attached hydrogens (primary N) is 1. The highest BCUT2D eigenvalue weighted by molar-refractivity contribution is 5.98. The molecule has 6 heteroatoms. The van der Waals surface area contributed by atoms with Crippen molar-refractivity contribution < 1.29 is 19.1 Å². The van der Waals surface area contributed by atoms with Crippen LogP contribution in [0.2, 0.25) is 0 Å². The van der Waals surface area contributed by atoms with Gasteiger partial charge < -0.3 is 20.1 Å². The second-order valence-corrected chi connectivity index (χ2v) is 5.15. The Morgan fingerprint density at radius 1 is 1.33 bits per heavy atom. The van der Waals surface area contributed by atoms with Crippen LogP contribution >= 0.6 is 0 Å². The molecule has 1 aliphatic rings. The molecular weight excluding hydrogens is 272 g/mol. The number of hydrogen-bond donors (Lipinski definition) is 1. The van der Waals surface area contributed by atoms with Gasteiger partial charge in [-0.15, -0.1) is 0 Å². The van der Waals surface area contributed by atoms with Crippen LogP contribution in [0.3, 0.4) is 0 Å². The fourth-order valence-electron chi connectivity index (χ4n) is 2.58. The van der Waals surface area contributed by atoms with Crippen molar-refractivity contribution in [1.29, 1.82) is 0 Å². The smallest absolute Gasteiger partial charge is 0.254 e. The Hall–Kier alpha value is -2.08. The summed E-state index contributed by atoms with van der Waals surface area (Å²) in [6.07, 6.45) is 0.263. The summed E-state index contributed by atoms with van der Waals surface area (Å²) >= 11 is 0. The molecule has 0 aliphatic carbocycles. The van der Waals surface area contributed by atoms with Crippen molar-refractivity contribution in [3.63, 3.8) is 0 Å². The van der Waals surface area contributed by atoms with Crippen LogP contribution in [-0.4, -0.2) is 49.6 Å². The van der Waals surface area contributed by atoms with E-state index in [1.54, 1.807) is 26.4 Å². The molecule has 114 valence electrons. The Morgan fingerprint density at radius 3 is 2.62 bits per heavy atom. The van der Waals surface area contributed by atoms with Crippen molar-refractivity contribution in [2.75, 3.05) is 20.8 Å². The maximum absolute atomic E-state index is 12.6. The number of nitrogens with zero attached hydrogens (tertiary/aromatic N) is 1. The lowest BCUT2D eigenvalue weighted by atomic mass is 10.1. The standard InChI is InChI=1S/C15H20N2O4/c1-9-4-5-10(6-13(9)21-3)15(19)17-8-11(20-2)7-12(17)14(16)18/h4-6,11-12H,7-8H2,1-3H3,(H2,16,18)/t11-,12-/m0/s1. The van der Waals surface area contributed by atoms with Gasteiger partial charge in [-0.3, -0.25) is 9.59 Å². The highest BCUT2D eigenvalue weighted by Crippen LogP contribution is 2.25. The second-order valence-electron chi connectivity index (χ2n) is 5.15. The minimum atomic E-state index is -0.630. The van der Waals surface area contributed by atoms with Gasteiger partial charge in [0.25, 0.3) is 5.91 Å². The lowest BCUT2D eigenvalue weighted by molar-refractivity contribution is -0.121. The van der Waals surface area contributed by atoms with E-state index in [2.05, 4.69) is 0 Å². The number of amides is 2. The Balaban J connectivity index is 2.27. The molecule has 1 aromatic carbocycles. The van der Waals surface area contributed by atoms with E-state index in [0.717, 1.165) is 5.56 Å². The van der Waals surface area contributed by atoms with E-state index >= 15 is 0 Å². The fourth-order valence-corrected chi connectivity index (χ4v) is 2.58. The number of ether oxygens (including phenoxy) is 2. The summed E-state index contributed by atoms with van der Waals surface area (Å²) in [5, 5.41) is 0. The first kappa shape index (κ1) is 15.3. The third-order valence-electron chi connectivity index (χ3n) is 3.84. The number of hydrogen-bond acceptors (Lipinski definition) is 4. The van der Waals surface area contributed by atoms with Gasteiger partial charge in [0.05, 0.1) is 13.2 Å². The summed E-state index contributed by atoms with van der Waals surface area (Å²) in [5.74, 6) is -0.113. The normalized spacial score (nSPS) is 21.4. The molecule has 1 fully saturated rings. The van der Waals surface area contributed by atoms with Crippen LogP contribution in [0.5, 0.6) is 5.75 Å². The van der Waals surface area contributed by atoms with Crippen molar-refractivity contribution in [3.05, 3.63) is 29.3 Å². The minimum Gasteiger partial charge on any atom is -0.496 e. The molecule has 0 aromatic heterocycles. The summed E-state index contributed by atoms with van der Waals surface area (Å²) in [5.41, 5.74) is 6.80. The molecule has 0 radical (unpaired) electrons. The number of carbonyl (C=O) groups is 2. The lowest BCUT2D eigenvalue weighted by Crippen LogP contribution is -2.43. The average Bonchev–Trinajstić information content (AvgIpc) is 2.91. The summed E-state index contributed by atoms with van der Waals surface area (Å²) in [6, 6.07) is 4.58. The summed E-state index contributed by atoms with van der Waals surface area (Å²) in [7, 11) is 3.12. The topological polar surface area (TPSA) is 81.9 Å². The van der Waals surface area contributed by atoms with Gasteiger partial charge in [-0.2, -0.15) is 0 Å². The van der Waals surface area contributed by atoms with Gasteiger partial charge in [0.1, 0.15) is 11.8 Å². The van der Waals surface area contributed by atoms with Crippen LogP contribution in [0, 0.1) is 6.92 Å². The molecule has 2 atom stereocenters. The zero-order valence-electron chi connectivity index (χ0n) is 12.5. The Morgan fingerprint density at radius 2 is 2.05 bits per heavy atom. The highest BCUT2D eigenvalue weighted by Gasteiger charge is 2.39. The van der Waals surface area contributed by atoms with E-state index in [0.29, 0.717) is 24.3 Å². The fraction of sp³-hybridized carbons (Fsp3) is 0.467. The molecule has 2 amide bonds. The van der Waals surface area contributed by atoms with Crippen molar-refractivity contribution in [1.82, 2.24) is 4.90 Å². The van der Waals surface area contributed by atoms with Crippen molar-refractivity contribution in [2.45, 2.75) is 25.5 Å². The first-order chi connectivity index (χ1) is 9.97. The van der Waals surface area contributed by atoms with Crippen LogP contribution in [0.25, 0.3) is 0 Å². The lowest BCUT2D eigenvalue weighted by Gasteiger charge is -2.22. The van der Waals surface area contributed by atoms with E-state index in [1.807, 2.05) is 13.0 Å². The molecule has 1 saturated heterocycles. The monoisotopic (exact) mass is 292 g/mol.